The molecule has 0 saturated heterocycles. The minimum absolute atomic E-state index is 0.0787. The first-order valence-electron chi connectivity index (χ1n) is 11.7. The minimum atomic E-state index is -1.45. The Balaban J connectivity index is 1.87. The summed E-state index contributed by atoms with van der Waals surface area (Å²) < 4.78 is 16.4. The Kier molecular flexibility index (Phi) is 9.70. The summed E-state index contributed by atoms with van der Waals surface area (Å²) in [6.07, 6.45) is 1.98. The zero-order valence-electron chi connectivity index (χ0n) is 21.9. The predicted molar refractivity (Wildman–Crippen MR) is 145 cm³/mol. The number of aliphatic hydroxyl groups excluding tert-OH is 1. The summed E-state index contributed by atoms with van der Waals surface area (Å²) in [5, 5.41) is 25.5. The molecule has 2 aromatic carbocycles. The van der Waals surface area contributed by atoms with Crippen molar-refractivity contribution in [3.05, 3.63) is 59.7 Å². The van der Waals surface area contributed by atoms with Gasteiger partial charge in [-0.3, -0.25) is 10.2 Å². The van der Waals surface area contributed by atoms with Crippen LogP contribution in [0.3, 0.4) is 0 Å². The van der Waals surface area contributed by atoms with E-state index in [9.17, 15) is 15.0 Å². The molecule has 0 spiro atoms. The molecule has 1 amide bonds. The smallest absolute Gasteiger partial charge is 0.411 e. The lowest BCUT2D eigenvalue weighted by Gasteiger charge is -2.20. The number of hydrogen-bond acceptors (Lipinski definition) is 10. The number of nitrogens with zero attached hydrogens (tertiary/aromatic N) is 3. The summed E-state index contributed by atoms with van der Waals surface area (Å²) in [5.74, 6) is 1.28. The normalized spacial score (nSPS) is 11.8. The highest BCUT2D eigenvalue weighted by atomic mass is 35.5. The largest absolute Gasteiger partial charge is 0.493 e. The number of benzene rings is 2. The van der Waals surface area contributed by atoms with Crippen molar-refractivity contribution in [3.63, 3.8) is 0 Å². The molecular formula is C26H32ClN5O6. The van der Waals surface area contributed by atoms with E-state index in [-0.39, 0.29) is 6.54 Å². The average molecular weight is 546 g/mol. The number of methoxy groups -OCH3 is 1. The number of halogens is 1. The van der Waals surface area contributed by atoms with Gasteiger partial charge in [0.1, 0.15) is 24.0 Å². The number of likely N-dealkylation sites (N-methyl/N-ethyl adjacent to an activating group) is 1. The van der Waals surface area contributed by atoms with Gasteiger partial charge in [-0.05, 0) is 51.6 Å². The van der Waals surface area contributed by atoms with E-state index in [2.05, 4.69) is 20.6 Å². The molecule has 0 aliphatic heterocycles. The maximum Gasteiger partial charge on any atom is 0.411 e. The number of carbonyl (C=O) groups is 1. The molecule has 12 heteroatoms. The van der Waals surface area contributed by atoms with Crippen LogP contribution in [0.5, 0.6) is 11.5 Å². The number of ether oxygens (including phenoxy) is 3. The second kappa shape index (κ2) is 12.7. The number of nitrogens with one attached hydrogen (secondary N) is 2. The summed E-state index contributed by atoms with van der Waals surface area (Å²) in [5.41, 5.74) is 1.54. The zero-order chi connectivity index (χ0) is 27.9. The molecule has 0 bridgehead atoms. The molecule has 0 aliphatic rings. The van der Waals surface area contributed by atoms with Crippen LogP contribution in [0.1, 0.15) is 26.3 Å². The standard InChI is InChI=1S/C26H32ClN5O6/c1-26(2,3)38-25(35)28-8-9-37-22-11-18-20(12-21(22)36-5)29-15-30-24(18)31-19-10-17(27)7-6-16(19)13-32(4)14-23(33)34/h6-12,15,23,33-34H,13-14H2,1-5H3,(H,28,35)(H,29,30,31)/b9-8+. The molecule has 1 heterocycles. The van der Waals surface area contributed by atoms with Crippen molar-refractivity contribution in [2.45, 2.75) is 39.2 Å². The Morgan fingerprint density at radius 1 is 1.18 bits per heavy atom. The van der Waals surface area contributed by atoms with E-state index < -0.39 is 18.0 Å². The molecule has 0 fully saturated rings. The third-order valence-corrected chi connectivity index (χ3v) is 5.26. The summed E-state index contributed by atoms with van der Waals surface area (Å²) in [7, 11) is 3.29. The lowest BCUT2D eigenvalue weighted by atomic mass is 10.1. The number of anilines is 2. The maximum absolute atomic E-state index is 11.8. The van der Waals surface area contributed by atoms with Crippen LogP contribution in [0, 0.1) is 0 Å². The quantitative estimate of drug-likeness (QED) is 0.217. The van der Waals surface area contributed by atoms with Gasteiger partial charge in [0.2, 0.25) is 0 Å². The third kappa shape index (κ3) is 8.45. The molecule has 204 valence electrons. The van der Waals surface area contributed by atoms with Gasteiger partial charge >= 0.3 is 6.09 Å². The minimum Gasteiger partial charge on any atom is -0.493 e. The zero-order valence-corrected chi connectivity index (χ0v) is 22.6. The molecule has 0 aliphatic carbocycles. The van der Waals surface area contributed by atoms with Crippen molar-refractivity contribution in [1.82, 2.24) is 20.2 Å². The lowest BCUT2D eigenvalue weighted by Crippen LogP contribution is -2.29. The number of aromatic nitrogens is 2. The van der Waals surface area contributed by atoms with Crippen LogP contribution in [0.4, 0.5) is 16.3 Å². The van der Waals surface area contributed by atoms with Crippen molar-refractivity contribution in [3.8, 4) is 11.5 Å². The van der Waals surface area contributed by atoms with Crippen LogP contribution < -0.4 is 20.1 Å². The molecule has 3 rings (SSSR count). The molecule has 0 radical (unpaired) electrons. The highest BCUT2D eigenvalue weighted by molar-refractivity contribution is 6.30. The molecule has 3 aromatic rings. The van der Waals surface area contributed by atoms with Gasteiger partial charge in [-0.15, -0.1) is 0 Å². The van der Waals surface area contributed by atoms with E-state index in [0.29, 0.717) is 45.5 Å². The summed E-state index contributed by atoms with van der Waals surface area (Å²) in [4.78, 5) is 22.3. The van der Waals surface area contributed by atoms with Gasteiger partial charge in [0.15, 0.2) is 17.8 Å². The van der Waals surface area contributed by atoms with E-state index in [1.807, 2.05) is 6.07 Å². The molecule has 1 aromatic heterocycles. The first-order chi connectivity index (χ1) is 17.9. The summed E-state index contributed by atoms with van der Waals surface area (Å²) >= 11 is 6.27. The van der Waals surface area contributed by atoms with Crippen molar-refractivity contribution in [2.75, 3.05) is 26.0 Å². The number of fused-ring (bicyclic) bond motifs is 1. The van der Waals surface area contributed by atoms with Gasteiger partial charge in [-0.2, -0.15) is 0 Å². The highest BCUT2D eigenvalue weighted by Crippen LogP contribution is 2.35. The lowest BCUT2D eigenvalue weighted by molar-refractivity contribution is -0.0584. The molecular weight excluding hydrogens is 514 g/mol. The van der Waals surface area contributed by atoms with Crippen LogP contribution in [0.15, 0.2) is 49.1 Å². The van der Waals surface area contributed by atoms with E-state index in [0.717, 1.165) is 5.56 Å². The van der Waals surface area contributed by atoms with Gasteiger partial charge < -0.3 is 29.7 Å². The van der Waals surface area contributed by atoms with Crippen LogP contribution in [0.25, 0.3) is 10.9 Å². The SMILES string of the molecule is COc1cc2ncnc(Nc3cc(Cl)ccc3CN(C)CC(O)O)c2cc1O/C=C/NC(=O)OC(C)(C)C. The summed E-state index contributed by atoms with van der Waals surface area (Å²) in [6.45, 7) is 5.81. The Bertz CT molecular complexity index is 1300. The number of hydrogen-bond donors (Lipinski definition) is 4. The maximum atomic E-state index is 11.8. The van der Waals surface area contributed by atoms with Crippen LogP contribution >= 0.6 is 11.6 Å². The van der Waals surface area contributed by atoms with Crippen molar-refractivity contribution in [2.24, 2.45) is 0 Å². The highest BCUT2D eigenvalue weighted by Gasteiger charge is 2.16. The van der Waals surface area contributed by atoms with Gasteiger partial charge in [-0.25, -0.2) is 14.8 Å². The number of alkyl carbamates (subject to hydrolysis) is 1. The van der Waals surface area contributed by atoms with Gasteiger partial charge in [0, 0.05) is 41.5 Å². The second-order valence-corrected chi connectivity index (χ2v) is 9.85. The first-order valence-corrected chi connectivity index (χ1v) is 12.1. The van der Waals surface area contributed by atoms with Crippen molar-refractivity contribution >= 4 is 40.1 Å². The van der Waals surface area contributed by atoms with Crippen molar-refractivity contribution in [1.29, 1.82) is 0 Å². The van der Waals surface area contributed by atoms with E-state index in [4.69, 9.17) is 25.8 Å². The number of amides is 1. The molecule has 11 nitrogen and oxygen atoms in total. The Labute approximate surface area is 226 Å². The summed E-state index contributed by atoms with van der Waals surface area (Å²) in [6, 6.07) is 8.81. The average Bonchev–Trinajstić information content (AvgIpc) is 2.81. The fourth-order valence-corrected chi connectivity index (χ4v) is 3.67. The fourth-order valence-electron chi connectivity index (χ4n) is 3.50. The molecule has 0 saturated carbocycles. The first kappa shape index (κ1) is 28.9. The van der Waals surface area contributed by atoms with Gasteiger partial charge in [0.05, 0.1) is 12.6 Å². The fraction of sp³-hybridized carbons (Fsp3) is 0.346. The van der Waals surface area contributed by atoms with Gasteiger partial charge in [-0.1, -0.05) is 17.7 Å². The molecule has 0 unspecified atom stereocenters. The predicted octanol–water partition coefficient (Wildman–Crippen LogP) is 4.15. The Morgan fingerprint density at radius 2 is 1.95 bits per heavy atom. The second-order valence-electron chi connectivity index (χ2n) is 9.41. The van der Waals surface area contributed by atoms with E-state index >= 15 is 0 Å². The van der Waals surface area contributed by atoms with E-state index in [1.165, 1.54) is 25.9 Å². The van der Waals surface area contributed by atoms with Crippen molar-refractivity contribution < 1.29 is 29.2 Å². The Morgan fingerprint density at radius 3 is 2.63 bits per heavy atom. The molecule has 38 heavy (non-hydrogen) atoms. The van der Waals surface area contributed by atoms with Gasteiger partial charge in [0.25, 0.3) is 0 Å². The number of aliphatic hydroxyl groups is 2. The van der Waals surface area contributed by atoms with Crippen LogP contribution in [-0.2, 0) is 11.3 Å². The topological polar surface area (TPSA) is 138 Å². The van der Waals surface area contributed by atoms with E-state index in [1.54, 1.807) is 57.0 Å². The number of carbonyl (C=O) groups excluding carboxylic acids is 1. The Hall–Kier alpha value is -3.64. The third-order valence-electron chi connectivity index (χ3n) is 5.02. The molecule has 0 atom stereocenters. The monoisotopic (exact) mass is 545 g/mol. The van der Waals surface area contributed by atoms with Crippen LogP contribution in [-0.4, -0.2) is 63.8 Å². The molecule has 4 N–H and O–H groups in total. The van der Waals surface area contributed by atoms with Crippen LogP contribution in [0.2, 0.25) is 5.02 Å². The number of rotatable bonds is 10.